The summed E-state index contributed by atoms with van der Waals surface area (Å²) >= 11 is 0. The molecule has 0 aromatic heterocycles. The van der Waals surface area contributed by atoms with Gasteiger partial charge in [-0.1, -0.05) is 106 Å². The first-order valence-electron chi connectivity index (χ1n) is 10.8. The van der Waals surface area contributed by atoms with Crippen LogP contribution in [0.25, 0.3) is 17.2 Å². The van der Waals surface area contributed by atoms with Gasteiger partial charge in [0.1, 0.15) is 6.61 Å². The Kier molecular flexibility index (Phi) is 5.94. The zero-order valence-electron chi connectivity index (χ0n) is 18.4. The Hall–Kier alpha value is -3.33. The van der Waals surface area contributed by atoms with E-state index in [4.69, 9.17) is 4.74 Å². The molecule has 4 rings (SSSR count). The van der Waals surface area contributed by atoms with Crippen molar-refractivity contribution in [2.24, 2.45) is 0 Å². The molecule has 0 bridgehead atoms. The third kappa shape index (κ3) is 4.72. The lowest BCUT2D eigenvalue weighted by molar-refractivity contribution is 0.144. The molecule has 3 nitrogen and oxygen atoms in total. The number of hydrogen-bond acceptors (Lipinski definition) is 2. The zero-order chi connectivity index (χ0) is 21.8. The Morgan fingerprint density at radius 2 is 1.58 bits per heavy atom. The van der Waals surface area contributed by atoms with E-state index in [-0.39, 0.29) is 11.3 Å². The lowest BCUT2D eigenvalue weighted by atomic mass is 9.86. The van der Waals surface area contributed by atoms with E-state index < -0.39 is 6.09 Å². The second-order valence-corrected chi connectivity index (χ2v) is 8.98. The lowest BCUT2D eigenvalue weighted by Gasteiger charge is -2.19. The number of nitrogens with one attached hydrogen (secondary N) is 1. The largest absolute Gasteiger partial charge is 0.449 e. The van der Waals surface area contributed by atoms with Crippen LogP contribution in [0.15, 0.2) is 78.9 Å². The first kappa shape index (κ1) is 20.9. The molecule has 0 saturated heterocycles. The minimum absolute atomic E-state index is 0.0776. The fourth-order valence-electron chi connectivity index (χ4n) is 4.10. The minimum atomic E-state index is -0.394. The highest BCUT2D eigenvalue weighted by Gasteiger charge is 2.28. The van der Waals surface area contributed by atoms with Crippen LogP contribution in [0.2, 0.25) is 0 Å². The molecule has 0 heterocycles. The van der Waals surface area contributed by atoms with E-state index in [0.717, 1.165) is 5.56 Å². The van der Waals surface area contributed by atoms with Crippen LogP contribution in [-0.4, -0.2) is 19.2 Å². The number of hydrogen-bond donors (Lipinski definition) is 1. The molecule has 1 aliphatic rings. The Morgan fingerprint density at radius 1 is 0.935 bits per heavy atom. The number of fused-ring (bicyclic) bond motifs is 3. The van der Waals surface area contributed by atoms with Gasteiger partial charge in [-0.15, -0.1) is 0 Å². The topological polar surface area (TPSA) is 38.3 Å². The second kappa shape index (κ2) is 8.81. The van der Waals surface area contributed by atoms with Crippen LogP contribution >= 0.6 is 0 Å². The van der Waals surface area contributed by atoms with Crippen molar-refractivity contribution in [1.29, 1.82) is 0 Å². The predicted molar refractivity (Wildman–Crippen MR) is 127 cm³/mol. The monoisotopic (exact) mass is 411 g/mol. The highest BCUT2D eigenvalue weighted by molar-refractivity contribution is 5.79. The Bertz CT molecular complexity index is 1060. The van der Waals surface area contributed by atoms with Gasteiger partial charge in [0.2, 0.25) is 0 Å². The van der Waals surface area contributed by atoms with Gasteiger partial charge in [0.15, 0.2) is 0 Å². The van der Waals surface area contributed by atoms with Gasteiger partial charge in [-0.05, 0) is 38.8 Å². The number of alkyl carbamates (subject to hydrolysis) is 1. The SMILES string of the molecule is CC(C)(C)c1cccc(C=CCNC(=O)OCC2c3ccccc3-c3ccccc32)c1. The average molecular weight is 412 g/mol. The highest BCUT2D eigenvalue weighted by Crippen LogP contribution is 2.44. The average Bonchev–Trinajstić information content (AvgIpc) is 3.09. The Labute approximate surface area is 184 Å². The van der Waals surface area contributed by atoms with E-state index in [9.17, 15) is 4.79 Å². The molecule has 0 atom stereocenters. The first-order valence-corrected chi connectivity index (χ1v) is 10.8. The molecule has 1 aliphatic carbocycles. The van der Waals surface area contributed by atoms with E-state index in [2.05, 4.69) is 86.8 Å². The van der Waals surface area contributed by atoms with Gasteiger partial charge in [0.05, 0.1) is 0 Å². The molecule has 0 radical (unpaired) electrons. The molecular weight excluding hydrogens is 382 g/mol. The quantitative estimate of drug-likeness (QED) is 0.518. The summed E-state index contributed by atoms with van der Waals surface area (Å²) in [6, 6.07) is 25.2. The van der Waals surface area contributed by atoms with Crippen LogP contribution in [0.3, 0.4) is 0 Å². The van der Waals surface area contributed by atoms with E-state index >= 15 is 0 Å². The molecule has 3 heteroatoms. The standard InChI is InChI=1S/C28H29NO2/c1-28(2,3)21-12-8-10-20(18-21)11-9-17-29-27(30)31-19-26-24-15-6-4-13-22(24)23-14-5-7-16-25(23)26/h4-16,18,26H,17,19H2,1-3H3,(H,29,30). The summed E-state index contributed by atoms with van der Waals surface area (Å²) < 4.78 is 5.57. The molecule has 0 fully saturated rings. The van der Waals surface area contributed by atoms with Crippen molar-refractivity contribution in [1.82, 2.24) is 5.32 Å². The minimum Gasteiger partial charge on any atom is -0.449 e. The van der Waals surface area contributed by atoms with Gasteiger partial charge in [0.25, 0.3) is 0 Å². The van der Waals surface area contributed by atoms with E-state index in [0.29, 0.717) is 13.2 Å². The molecule has 0 saturated carbocycles. The number of carbonyl (C=O) groups is 1. The van der Waals surface area contributed by atoms with Crippen LogP contribution in [0.1, 0.15) is 48.9 Å². The van der Waals surface area contributed by atoms with Crippen molar-refractivity contribution < 1.29 is 9.53 Å². The van der Waals surface area contributed by atoms with Crippen LogP contribution in [-0.2, 0) is 10.2 Å². The summed E-state index contributed by atoms with van der Waals surface area (Å²) in [5, 5.41) is 2.82. The molecule has 0 spiro atoms. The Morgan fingerprint density at radius 3 is 2.23 bits per heavy atom. The van der Waals surface area contributed by atoms with Gasteiger partial charge in [-0.3, -0.25) is 0 Å². The normalized spacial score (nSPS) is 13.1. The van der Waals surface area contributed by atoms with Gasteiger partial charge < -0.3 is 10.1 Å². The molecule has 3 aromatic carbocycles. The van der Waals surface area contributed by atoms with Crippen molar-refractivity contribution in [2.75, 3.05) is 13.2 Å². The lowest BCUT2D eigenvalue weighted by Crippen LogP contribution is -2.26. The van der Waals surface area contributed by atoms with E-state index in [1.54, 1.807) is 0 Å². The molecule has 31 heavy (non-hydrogen) atoms. The smallest absolute Gasteiger partial charge is 0.407 e. The number of benzene rings is 3. The fraction of sp³-hybridized carbons (Fsp3) is 0.250. The number of amides is 1. The van der Waals surface area contributed by atoms with Crippen molar-refractivity contribution >= 4 is 12.2 Å². The first-order chi connectivity index (χ1) is 14.9. The van der Waals surface area contributed by atoms with Crippen LogP contribution < -0.4 is 5.32 Å². The molecular formula is C28H29NO2. The summed E-state index contributed by atoms with van der Waals surface area (Å²) in [6.45, 7) is 7.37. The number of carbonyl (C=O) groups excluding carboxylic acids is 1. The van der Waals surface area contributed by atoms with Gasteiger partial charge in [-0.2, -0.15) is 0 Å². The van der Waals surface area contributed by atoms with E-state index in [1.165, 1.54) is 27.8 Å². The maximum atomic E-state index is 12.3. The molecule has 3 aromatic rings. The van der Waals surface area contributed by atoms with Crippen LogP contribution in [0.5, 0.6) is 0 Å². The summed E-state index contributed by atoms with van der Waals surface area (Å²) in [4.78, 5) is 12.3. The van der Waals surface area contributed by atoms with Crippen molar-refractivity contribution in [3.8, 4) is 11.1 Å². The number of rotatable bonds is 5. The summed E-state index contributed by atoms with van der Waals surface area (Å²) in [5.74, 6) is 0.0776. The predicted octanol–water partition coefficient (Wildman–Crippen LogP) is 6.54. The summed E-state index contributed by atoms with van der Waals surface area (Å²) in [6.07, 6.45) is 3.58. The third-order valence-electron chi connectivity index (χ3n) is 5.77. The van der Waals surface area contributed by atoms with Crippen LogP contribution in [0.4, 0.5) is 4.79 Å². The zero-order valence-corrected chi connectivity index (χ0v) is 18.4. The third-order valence-corrected chi connectivity index (χ3v) is 5.77. The van der Waals surface area contributed by atoms with Gasteiger partial charge in [0, 0.05) is 12.5 Å². The fourth-order valence-corrected chi connectivity index (χ4v) is 4.10. The summed E-state index contributed by atoms with van der Waals surface area (Å²) in [5.41, 5.74) is 7.43. The molecule has 0 unspecified atom stereocenters. The van der Waals surface area contributed by atoms with Gasteiger partial charge >= 0.3 is 6.09 Å². The maximum Gasteiger partial charge on any atom is 0.407 e. The molecule has 158 valence electrons. The second-order valence-electron chi connectivity index (χ2n) is 8.98. The van der Waals surface area contributed by atoms with Crippen molar-refractivity contribution in [3.63, 3.8) is 0 Å². The highest BCUT2D eigenvalue weighted by atomic mass is 16.5. The van der Waals surface area contributed by atoms with Crippen molar-refractivity contribution in [3.05, 3.63) is 101 Å². The Balaban J connectivity index is 1.32. The molecule has 1 N–H and O–H groups in total. The van der Waals surface area contributed by atoms with Crippen molar-refractivity contribution in [2.45, 2.75) is 32.1 Å². The van der Waals surface area contributed by atoms with Crippen LogP contribution in [0, 0.1) is 0 Å². The number of ether oxygens (including phenoxy) is 1. The molecule has 0 aliphatic heterocycles. The summed E-state index contributed by atoms with van der Waals surface area (Å²) in [7, 11) is 0. The van der Waals surface area contributed by atoms with E-state index in [1.807, 2.05) is 24.3 Å². The maximum absolute atomic E-state index is 12.3. The van der Waals surface area contributed by atoms with Gasteiger partial charge in [-0.25, -0.2) is 4.79 Å². The molecule has 1 amide bonds.